The Morgan fingerprint density at radius 3 is 2.17 bits per heavy atom. The number of hydrogen-bond acceptors (Lipinski definition) is 3. The molecule has 0 heterocycles. The molecule has 4 nitrogen and oxygen atoms in total. The lowest BCUT2D eigenvalue weighted by Crippen LogP contribution is -2.52. The number of carbonyl (C=O) groups is 2. The molecule has 0 aliphatic carbocycles. The predicted molar refractivity (Wildman–Crippen MR) is 147 cm³/mol. The van der Waals surface area contributed by atoms with Gasteiger partial charge in [0.25, 0.3) is 0 Å². The van der Waals surface area contributed by atoms with E-state index >= 15 is 0 Å². The molecule has 1 unspecified atom stereocenters. The van der Waals surface area contributed by atoms with Gasteiger partial charge < -0.3 is 10.2 Å². The number of halogens is 3. The van der Waals surface area contributed by atoms with Crippen molar-refractivity contribution >= 4 is 46.8 Å². The van der Waals surface area contributed by atoms with E-state index in [2.05, 4.69) is 5.32 Å². The average molecular weight is 548 g/mol. The van der Waals surface area contributed by atoms with Gasteiger partial charge in [0.1, 0.15) is 11.9 Å². The first-order valence-electron chi connectivity index (χ1n) is 11.6. The van der Waals surface area contributed by atoms with E-state index in [4.69, 9.17) is 23.2 Å². The van der Waals surface area contributed by atoms with E-state index in [1.807, 2.05) is 44.2 Å². The molecule has 1 atom stereocenters. The van der Waals surface area contributed by atoms with Crippen LogP contribution in [0.25, 0.3) is 0 Å². The minimum Gasteiger partial charge on any atom is -0.352 e. The smallest absolute Gasteiger partial charge is 0.243 e. The molecule has 0 saturated heterocycles. The molecule has 0 spiro atoms. The van der Waals surface area contributed by atoms with Gasteiger partial charge in [-0.15, -0.1) is 11.8 Å². The minimum atomic E-state index is -0.739. The fourth-order valence-corrected chi connectivity index (χ4v) is 5.36. The fourth-order valence-electron chi connectivity index (χ4n) is 3.71. The zero-order chi connectivity index (χ0) is 26.1. The largest absolute Gasteiger partial charge is 0.352 e. The van der Waals surface area contributed by atoms with Crippen molar-refractivity contribution in [2.75, 3.05) is 5.75 Å². The molecule has 2 amide bonds. The highest BCUT2D eigenvalue weighted by atomic mass is 35.5. The Balaban J connectivity index is 1.86. The summed E-state index contributed by atoms with van der Waals surface area (Å²) in [6, 6.07) is 20.0. The van der Waals surface area contributed by atoms with Crippen LogP contribution in [0, 0.1) is 5.82 Å². The van der Waals surface area contributed by atoms with E-state index in [1.165, 1.54) is 23.9 Å². The summed E-state index contributed by atoms with van der Waals surface area (Å²) in [5, 5.41) is 4.05. The molecular weight excluding hydrogens is 518 g/mol. The second kappa shape index (κ2) is 13.7. The van der Waals surface area contributed by atoms with Crippen LogP contribution in [0.3, 0.4) is 0 Å². The maximum Gasteiger partial charge on any atom is 0.243 e. The molecule has 1 N–H and O–H groups in total. The molecule has 36 heavy (non-hydrogen) atoms. The zero-order valence-corrected chi connectivity index (χ0v) is 22.5. The summed E-state index contributed by atoms with van der Waals surface area (Å²) in [6.07, 6.45) is 0.355. The first-order valence-corrected chi connectivity index (χ1v) is 13.5. The van der Waals surface area contributed by atoms with E-state index < -0.39 is 6.04 Å². The second-order valence-electron chi connectivity index (χ2n) is 8.71. The molecule has 0 aliphatic rings. The minimum absolute atomic E-state index is 0.0877. The van der Waals surface area contributed by atoms with E-state index in [0.717, 1.165) is 16.7 Å². The van der Waals surface area contributed by atoms with Crippen LogP contribution in [0.5, 0.6) is 0 Å². The number of carbonyl (C=O) groups excluding carboxylic acids is 2. The summed E-state index contributed by atoms with van der Waals surface area (Å²) in [5.74, 6) is -0.211. The van der Waals surface area contributed by atoms with Gasteiger partial charge in [0.15, 0.2) is 0 Å². The highest BCUT2D eigenvalue weighted by molar-refractivity contribution is 7.99. The molecule has 0 aromatic heterocycles. The maximum atomic E-state index is 13.6. The lowest BCUT2D eigenvalue weighted by atomic mass is 10.0. The van der Waals surface area contributed by atoms with Crippen LogP contribution in [0.15, 0.2) is 72.8 Å². The standard InChI is InChI=1S/C28H29Cl2FN2O2S/c1-19(2)32-28(35)26(15-20-7-4-3-5-8-20)33(16-21-11-13-22(31)14-12-21)27(34)18-36-17-23-24(29)9-6-10-25(23)30/h3-14,19,26H,15-18H2,1-2H3,(H,32,35). The molecule has 0 radical (unpaired) electrons. The van der Waals surface area contributed by atoms with Crippen molar-refractivity contribution < 1.29 is 14.0 Å². The summed E-state index contributed by atoms with van der Waals surface area (Å²) in [4.78, 5) is 28.5. The maximum absolute atomic E-state index is 13.6. The monoisotopic (exact) mass is 546 g/mol. The summed E-state index contributed by atoms with van der Waals surface area (Å²) < 4.78 is 13.5. The third-order valence-corrected chi connectivity index (χ3v) is 7.15. The van der Waals surface area contributed by atoms with Gasteiger partial charge >= 0.3 is 0 Å². The average Bonchev–Trinajstić information content (AvgIpc) is 2.84. The van der Waals surface area contributed by atoms with Crippen LogP contribution in [0.2, 0.25) is 10.0 Å². The highest BCUT2D eigenvalue weighted by Crippen LogP contribution is 2.28. The van der Waals surface area contributed by atoms with Crippen LogP contribution in [-0.4, -0.2) is 34.6 Å². The van der Waals surface area contributed by atoms with Gasteiger partial charge in [0, 0.05) is 34.8 Å². The van der Waals surface area contributed by atoms with Gasteiger partial charge in [-0.3, -0.25) is 9.59 Å². The Kier molecular flexibility index (Phi) is 10.7. The van der Waals surface area contributed by atoms with Crippen molar-refractivity contribution in [2.45, 2.75) is 44.6 Å². The Bertz CT molecular complexity index is 1140. The van der Waals surface area contributed by atoms with E-state index in [0.29, 0.717) is 22.2 Å². The topological polar surface area (TPSA) is 49.4 Å². The molecular formula is C28H29Cl2FN2O2S. The summed E-state index contributed by atoms with van der Waals surface area (Å²) >= 11 is 13.9. The van der Waals surface area contributed by atoms with Crippen LogP contribution < -0.4 is 5.32 Å². The van der Waals surface area contributed by atoms with Crippen molar-refractivity contribution in [3.8, 4) is 0 Å². The molecule has 3 aromatic rings. The molecule has 0 fully saturated rings. The van der Waals surface area contributed by atoms with Crippen LogP contribution in [0.4, 0.5) is 4.39 Å². The van der Waals surface area contributed by atoms with Gasteiger partial charge in [-0.2, -0.15) is 0 Å². The van der Waals surface area contributed by atoms with Gasteiger partial charge in [0.2, 0.25) is 11.8 Å². The molecule has 0 aliphatic heterocycles. The number of nitrogens with zero attached hydrogens (tertiary/aromatic N) is 1. The molecule has 0 saturated carbocycles. The van der Waals surface area contributed by atoms with Crippen molar-refractivity contribution in [3.63, 3.8) is 0 Å². The number of rotatable bonds is 11. The molecule has 3 aromatic carbocycles. The highest BCUT2D eigenvalue weighted by Gasteiger charge is 2.30. The quantitative estimate of drug-likeness (QED) is 0.297. The number of thioether (sulfide) groups is 1. The van der Waals surface area contributed by atoms with Crippen LogP contribution in [-0.2, 0) is 28.3 Å². The molecule has 190 valence electrons. The number of hydrogen-bond donors (Lipinski definition) is 1. The number of nitrogens with one attached hydrogen (secondary N) is 1. The van der Waals surface area contributed by atoms with Crippen LogP contribution in [0.1, 0.15) is 30.5 Å². The first-order chi connectivity index (χ1) is 17.2. The first kappa shape index (κ1) is 28.0. The van der Waals surface area contributed by atoms with Gasteiger partial charge in [-0.05, 0) is 54.8 Å². The number of amides is 2. The van der Waals surface area contributed by atoms with Gasteiger partial charge in [-0.25, -0.2) is 4.39 Å². The van der Waals surface area contributed by atoms with Crippen molar-refractivity contribution in [3.05, 3.63) is 105 Å². The second-order valence-corrected chi connectivity index (χ2v) is 10.5. The Morgan fingerprint density at radius 1 is 0.917 bits per heavy atom. The molecule has 3 rings (SSSR count). The van der Waals surface area contributed by atoms with Crippen molar-refractivity contribution in [1.29, 1.82) is 0 Å². The zero-order valence-electron chi connectivity index (χ0n) is 20.2. The summed E-state index contributed by atoms with van der Waals surface area (Å²) in [7, 11) is 0. The van der Waals surface area contributed by atoms with Crippen LogP contribution >= 0.6 is 35.0 Å². The SMILES string of the molecule is CC(C)NC(=O)C(Cc1ccccc1)N(Cc1ccc(F)cc1)C(=O)CSCc1c(Cl)cccc1Cl. The summed E-state index contributed by atoms with van der Waals surface area (Å²) in [5.41, 5.74) is 2.44. The van der Waals surface area contributed by atoms with E-state index in [9.17, 15) is 14.0 Å². The molecule has 8 heteroatoms. The number of benzene rings is 3. The Labute approximate surface area is 226 Å². The Morgan fingerprint density at radius 2 is 1.56 bits per heavy atom. The summed E-state index contributed by atoms with van der Waals surface area (Å²) in [6.45, 7) is 3.94. The van der Waals surface area contributed by atoms with E-state index in [-0.39, 0.29) is 36.0 Å². The predicted octanol–water partition coefficient (Wildman–Crippen LogP) is 6.53. The lowest BCUT2D eigenvalue weighted by molar-refractivity contribution is -0.139. The third kappa shape index (κ3) is 8.26. The lowest BCUT2D eigenvalue weighted by Gasteiger charge is -2.32. The molecule has 0 bridgehead atoms. The fraction of sp³-hybridized carbons (Fsp3) is 0.286. The normalized spacial score (nSPS) is 11.8. The Hall–Kier alpha value is -2.54. The van der Waals surface area contributed by atoms with Crippen molar-refractivity contribution in [1.82, 2.24) is 10.2 Å². The van der Waals surface area contributed by atoms with E-state index in [1.54, 1.807) is 35.2 Å². The van der Waals surface area contributed by atoms with Gasteiger partial charge in [-0.1, -0.05) is 71.7 Å². The van der Waals surface area contributed by atoms with Gasteiger partial charge in [0.05, 0.1) is 5.75 Å². The van der Waals surface area contributed by atoms with Crippen molar-refractivity contribution in [2.24, 2.45) is 0 Å². The third-order valence-electron chi connectivity index (χ3n) is 5.50.